The summed E-state index contributed by atoms with van der Waals surface area (Å²) in [7, 11) is 0. The van der Waals surface area contributed by atoms with Crippen molar-refractivity contribution in [2.24, 2.45) is 0 Å². The monoisotopic (exact) mass is 438 g/mol. The Morgan fingerprint density at radius 3 is 2.71 bits per heavy atom. The van der Waals surface area contributed by atoms with E-state index in [1.165, 1.54) is 12.1 Å². The number of aromatic nitrogens is 4. The van der Waals surface area contributed by atoms with Gasteiger partial charge in [-0.1, -0.05) is 24.3 Å². The SMILES string of the molecule is Fc1ccc(CNc2nc(Nc3cccc(-c4ccn[nH]4)c3)ncc2Br)cc1. The Balaban J connectivity index is 1.49. The van der Waals surface area contributed by atoms with Crippen LogP contribution in [-0.2, 0) is 6.54 Å². The van der Waals surface area contributed by atoms with Crippen molar-refractivity contribution >= 4 is 33.4 Å². The third kappa shape index (κ3) is 4.34. The normalized spacial score (nSPS) is 10.6. The number of hydrogen-bond donors (Lipinski definition) is 3. The molecule has 0 saturated heterocycles. The highest BCUT2D eigenvalue weighted by atomic mass is 79.9. The van der Waals surface area contributed by atoms with Gasteiger partial charge in [-0.2, -0.15) is 10.1 Å². The average Bonchev–Trinajstić information content (AvgIpc) is 3.25. The first-order valence-corrected chi connectivity index (χ1v) is 9.34. The van der Waals surface area contributed by atoms with Gasteiger partial charge in [0, 0.05) is 30.2 Å². The minimum atomic E-state index is -0.254. The second-order valence-electron chi connectivity index (χ2n) is 6.05. The first kappa shape index (κ1) is 18.1. The van der Waals surface area contributed by atoms with Crippen molar-refractivity contribution in [3.8, 4) is 11.3 Å². The molecule has 0 spiro atoms. The standard InChI is InChI=1S/C20H16BrFN6/c21-17-12-24-20(27-19(17)23-11-13-4-6-15(22)7-5-13)26-16-3-1-2-14(10-16)18-8-9-25-28-18/h1-10,12H,11H2,(H,25,28)(H2,23,24,26,27). The second-order valence-corrected chi connectivity index (χ2v) is 6.90. The fourth-order valence-corrected chi connectivity index (χ4v) is 2.98. The third-order valence-corrected chi connectivity index (χ3v) is 4.63. The number of nitrogens with one attached hydrogen (secondary N) is 3. The molecule has 0 aliphatic carbocycles. The van der Waals surface area contributed by atoms with E-state index >= 15 is 0 Å². The summed E-state index contributed by atoms with van der Waals surface area (Å²) in [5.74, 6) is 0.855. The molecule has 4 rings (SSSR count). The van der Waals surface area contributed by atoms with Gasteiger partial charge >= 0.3 is 0 Å². The summed E-state index contributed by atoms with van der Waals surface area (Å²) >= 11 is 3.45. The zero-order chi connectivity index (χ0) is 19.3. The molecule has 0 saturated carbocycles. The molecule has 2 aromatic heterocycles. The summed E-state index contributed by atoms with van der Waals surface area (Å²) in [5, 5.41) is 13.4. The molecule has 0 amide bonds. The maximum atomic E-state index is 13.0. The highest BCUT2D eigenvalue weighted by molar-refractivity contribution is 9.10. The number of aromatic amines is 1. The fourth-order valence-electron chi connectivity index (χ4n) is 2.65. The van der Waals surface area contributed by atoms with Gasteiger partial charge in [-0.3, -0.25) is 5.10 Å². The summed E-state index contributed by atoms with van der Waals surface area (Å²) in [5.41, 5.74) is 3.75. The van der Waals surface area contributed by atoms with Crippen LogP contribution < -0.4 is 10.6 Å². The van der Waals surface area contributed by atoms with Crippen LogP contribution in [0.4, 0.5) is 21.8 Å². The largest absolute Gasteiger partial charge is 0.365 e. The number of H-pyrrole nitrogens is 1. The van der Waals surface area contributed by atoms with Crippen molar-refractivity contribution in [1.82, 2.24) is 20.2 Å². The maximum Gasteiger partial charge on any atom is 0.229 e. The molecule has 8 heteroatoms. The van der Waals surface area contributed by atoms with Crippen LogP contribution in [0.3, 0.4) is 0 Å². The van der Waals surface area contributed by atoms with Crippen molar-refractivity contribution < 1.29 is 4.39 Å². The van der Waals surface area contributed by atoms with Crippen LogP contribution in [0.2, 0.25) is 0 Å². The molecule has 2 heterocycles. The van der Waals surface area contributed by atoms with Crippen LogP contribution in [0, 0.1) is 5.82 Å². The quantitative estimate of drug-likeness (QED) is 0.389. The zero-order valence-corrected chi connectivity index (χ0v) is 16.2. The number of hydrogen-bond acceptors (Lipinski definition) is 5. The summed E-state index contributed by atoms with van der Waals surface area (Å²) in [6, 6.07) is 16.1. The third-order valence-electron chi connectivity index (χ3n) is 4.05. The van der Waals surface area contributed by atoms with Gasteiger partial charge in [-0.25, -0.2) is 9.37 Å². The van der Waals surface area contributed by atoms with E-state index in [1.807, 2.05) is 30.3 Å². The molecule has 28 heavy (non-hydrogen) atoms. The minimum Gasteiger partial charge on any atom is -0.365 e. The van der Waals surface area contributed by atoms with Crippen molar-refractivity contribution in [2.75, 3.05) is 10.6 Å². The van der Waals surface area contributed by atoms with Crippen LogP contribution in [-0.4, -0.2) is 20.2 Å². The fraction of sp³-hybridized carbons (Fsp3) is 0.0500. The lowest BCUT2D eigenvalue weighted by Crippen LogP contribution is -2.05. The molecule has 4 aromatic rings. The molecule has 0 aliphatic rings. The van der Waals surface area contributed by atoms with Gasteiger partial charge in [0.2, 0.25) is 5.95 Å². The van der Waals surface area contributed by atoms with Crippen LogP contribution >= 0.6 is 15.9 Å². The molecule has 0 fully saturated rings. The van der Waals surface area contributed by atoms with Crippen molar-refractivity contribution in [3.63, 3.8) is 0 Å². The molecule has 3 N–H and O–H groups in total. The van der Waals surface area contributed by atoms with E-state index in [1.54, 1.807) is 24.5 Å². The van der Waals surface area contributed by atoms with E-state index < -0.39 is 0 Å². The summed E-state index contributed by atoms with van der Waals surface area (Å²) < 4.78 is 13.8. The van der Waals surface area contributed by atoms with E-state index in [0.717, 1.165) is 27.0 Å². The lowest BCUT2D eigenvalue weighted by atomic mass is 10.1. The van der Waals surface area contributed by atoms with Crippen LogP contribution in [0.1, 0.15) is 5.56 Å². The highest BCUT2D eigenvalue weighted by Crippen LogP contribution is 2.25. The van der Waals surface area contributed by atoms with Gasteiger partial charge in [0.15, 0.2) is 0 Å². The van der Waals surface area contributed by atoms with E-state index in [9.17, 15) is 4.39 Å². The van der Waals surface area contributed by atoms with Crippen molar-refractivity contribution in [3.05, 3.63) is 82.8 Å². The molecular weight excluding hydrogens is 423 g/mol. The first-order chi connectivity index (χ1) is 13.7. The Bertz CT molecular complexity index is 1070. The molecule has 0 unspecified atom stereocenters. The van der Waals surface area contributed by atoms with E-state index in [4.69, 9.17) is 0 Å². The zero-order valence-electron chi connectivity index (χ0n) is 14.7. The van der Waals surface area contributed by atoms with E-state index in [0.29, 0.717) is 18.3 Å². The summed E-state index contributed by atoms with van der Waals surface area (Å²) in [4.78, 5) is 8.83. The Morgan fingerprint density at radius 1 is 1.07 bits per heavy atom. The van der Waals surface area contributed by atoms with Crippen molar-refractivity contribution in [1.29, 1.82) is 0 Å². The Kier molecular flexibility index (Phi) is 5.29. The van der Waals surface area contributed by atoms with Gasteiger partial charge in [-0.05, 0) is 51.8 Å². The average molecular weight is 439 g/mol. The highest BCUT2D eigenvalue weighted by Gasteiger charge is 2.07. The Labute approximate surface area is 169 Å². The first-order valence-electron chi connectivity index (χ1n) is 8.55. The predicted octanol–water partition coefficient (Wildman–Crippen LogP) is 5.12. The topological polar surface area (TPSA) is 78.5 Å². The smallest absolute Gasteiger partial charge is 0.229 e. The molecule has 0 atom stereocenters. The van der Waals surface area contributed by atoms with Crippen molar-refractivity contribution in [2.45, 2.75) is 6.54 Å². The van der Waals surface area contributed by atoms with E-state index in [2.05, 4.69) is 46.7 Å². The molecule has 6 nitrogen and oxygen atoms in total. The number of rotatable bonds is 6. The van der Waals surface area contributed by atoms with Gasteiger partial charge < -0.3 is 10.6 Å². The Hall–Kier alpha value is -3.26. The number of halogens is 2. The number of nitrogens with zero attached hydrogens (tertiary/aromatic N) is 3. The predicted molar refractivity (Wildman–Crippen MR) is 111 cm³/mol. The van der Waals surface area contributed by atoms with Crippen LogP contribution in [0.5, 0.6) is 0 Å². The molecular formula is C20H16BrFN6. The molecule has 140 valence electrons. The van der Waals surface area contributed by atoms with Crippen LogP contribution in [0.25, 0.3) is 11.3 Å². The van der Waals surface area contributed by atoms with E-state index in [-0.39, 0.29) is 5.82 Å². The Morgan fingerprint density at radius 2 is 1.93 bits per heavy atom. The number of benzene rings is 2. The molecule has 2 aromatic carbocycles. The van der Waals surface area contributed by atoms with Gasteiger partial charge in [0.1, 0.15) is 11.6 Å². The number of anilines is 3. The van der Waals surface area contributed by atoms with Gasteiger partial charge in [-0.15, -0.1) is 0 Å². The summed E-state index contributed by atoms with van der Waals surface area (Å²) in [6.45, 7) is 0.518. The maximum absolute atomic E-state index is 13.0. The molecule has 0 bridgehead atoms. The minimum absolute atomic E-state index is 0.254. The summed E-state index contributed by atoms with van der Waals surface area (Å²) in [6.07, 6.45) is 3.40. The lowest BCUT2D eigenvalue weighted by Gasteiger charge is -2.11. The molecule has 0 aliphatic heterocycles. The van der Waals surface area contributed by atoms with Crippen LogP contribution in [0.15, 0.2) is 71.5 Å². The second kappa shape index (κ2) is 8.18. The lowest BCUT2D eigenvalue weighted by molar-refractivity contribution is 0.627. The molecule has 0 radical (unpaired) electrons. The van der Waals surface area contributed by atoms with Gasteiger partial charge in [0.25, 0.3) is 0 Å². The van der Waals surface area contributed by atoms with Gasteiger partial charge in [0.05, 0.1) is 10.2 Å².